The van der Waals surface area contributed by atoms with E-state index in [1.54, 1.807) is 13.0 Å². The highest BCUT2D eigenvalue weighted by molar-refractivity contribution is 5.76. The maximum atomic E-state index is 11.1. The molecule has 1 aliphatic heterocycles. The van der Waals surface area contributed by atoms with Crippen molar-refractivity contribution >= 4 is 5.91 Å². The van der Waals surface area contributed by atoms with E-state index in [1.165, 1.54) is 0 Å². The van der Waals surface area contributed by atoms with Gasteiger partial charge in [-0.25, -0.2) is 0 Å². The van der Waals surface area contributed by atoms with Gasteiger partial charge >= 0.3 is 0 Å². The summed E-state index contributed by atoms with van der Waals surface area (Å²) in [7, 11) is 0. The molecule has 2 rings (SSSR count). The number of hydrogen-bond acceptors (Lipinski definition) is 5. The maximum Gasteiger partial charge on any atom is 0.231 e. The van der Waals surface area contributed by atoms with Crippen LogP contribution in [0.25, 0.3) is 0 Å². The van der Waals surface area contributed by atoms with Crippen LogP contribution < -0.4 is 25.7 Å². The molecule has 0 spiro atoms. The third kappa shape index (κ3) is 3.78. The lowest BCUT2D eigenvalue weighted by atomic mass is 10.0. The Morgan fingerprint density at radius 3 is 2.67 bits per heavy atom. The van der Waals surface area contributed by atoms with Crippen LogP contribution in [-0.4, -0.2) is 25.3 Å². The minimum atomic E-state index is -0.387. The summed E-state index contributed by atoms with van der Waals surface area (Å²) < 4.78 is 16.5. The quantitative estimate of drug-likeness (QED) is 0.787. The summed E-state index contributed by atoms with van der Waals surface area (Å²) >= 11 is 0. The summed E-state index contributed by atoms with van der Waals surface area (Å²) in [5, 5.41) is 0. The van der Waals surface area contributed by atoms with Gasteiger partial charge in [0.15, 0.2) is 11.5 Å². The highest BCUT2D eigenvalue weighted by atomic mass is 16.7. The molecule has 0 bridgehead atoms. The Bertz CT molecular complexity index is 519. The van der Waals surface area contributed by atoms with E-state index >= 15 is 0 Å². The molecule has 0 aromatic heterocycles. The molecule has 2 unspecified atom stereocenters. The number of nitrogens with two attached hydrogens (primary N) is 2. The second kappa shape index (κ2) is 6.67. The van der Waals surface area contributed by atoms with Crippen LogP contribution in [0.15, 0.2) is 12.1 Å². The predicted octanol–water partition coefficient (Wildman–Crippen LogP) is 1.20. The summed E-state index contributed by atoms with van der Waals surface area (Å²) in [5.74, 6) is 1.26. The third-order valence-electron chi connectivity index (χ3n) is 3.54. The second-order valence-electron chi connectivity index (χ2n) is 5.30. The number of hydrogen-bond donors (Lipinski definition) is 2. The molecule has 1 aromatic carbocycles. The van der Waals surface area contributed by atoms with Gasteiger partial charge in [0.2, 0.25) is 12.7 Å². The van der Waals surface area contributed by atoms with Crippen LogP contribution in [0.1, 0.15) is 25.8 Å². The Balaban J connectivity index is 2.18. The van der Waals surface area contributed by atoms with Crippen molar-refractivity contribution in [1.29, 1.82) is 0 Å². The van der Waals surface area contributed by atoms with Crippen molar-refractivity contribution in [2.24, 2.45) is 17.4 Å². The van der Waals surface area contributed by atoms with Crippen LogP contribution in [0, 0.1) is 5.92 Å². The molecule has 6 nitrogen and oxygen atoms in total. The molecule has 2 atom stereocenters. The van der Waals surface area contributed by atoms with E-state index in [4.69, 9.17) is 25.7 Å². The van der Waals surface area contributed by atoms with E-state index in [1.807, 2.05) is 13.0 Å². The van der Waals surface area contributed by atoms with E-state index < -0.39 is 0 Å². The van der Waals surface area contributed by atoms with Crippen molar-refractivity contribution in [2.45, 2.75) is 32.7 Å². The lowest BCUT2D eigenvalue weighted by molar-refractivity contribution is -0.122. The fraction of sp³-hybridized carbons (Fsp3) is 0.533. The molecule has 1 heterocycles. The van der Waals surface area contributed by atoms with Gasteiger partial charge in [-0.3, -0.25) is 4.79 Å². The number of primary amides is 1. The van der Waals surface area contributed by atoms with E-state index in [0.717, 1.165) is 12.0 Å². The van der Waals surface area contributed by atoms with Gasteiger partial charge in [0, 0.05) is 12.1 Å². The van der Waals surface area contributed by atoms with Crippen LogP contribution in [0.2, 0.25) is 0 Å². The van der Waals surface area contributed by atoms with E-state index in [9.17, 15) is 4.79 Å². The molecular formula is C15H22N2O4. The van der Waals surface area contributed by atoms with Crippen LogP contribution in [0.5, 0.6) is 17.2 Å². The molecule has 1 aliphatic rings. The zero-order chi connectivity index (χ0) is 15.4. The van der Waals surface area contributed by atoms with Crippen molar-refractivity contribution in [1.82, 2.24) is 0 Å². The fourth-order valence-corrected chi connectivity index (χ4v) is 1.98. The first-order valence-corrected chi connectivity index (χ1v) is 7.11. The van der Waals surface area contributed by atoms with Gasteiger partial charge in [0.1, 0.15) is 5.75 Å². The largest absolute Gasteiger partial charge is 0.492 e. The Labute approximate surface area is 124 Å². The average Bonchev–Trinajstić information content (AvgIpc) is 2.91. The SMILES string of the molecule is CCC(N)Cc1cc2c(cc1OCC(C)C(N)=O)OCO2. The molecule has 0 saturated carbocycles. The maximum absolute atomic E-state index is 11.1. The van der Waals surface area contributed by atoms with Crippen molar-refractivity contribution in [3.05, 3.63) is 17.7 Å². The predicted molar refractivity (Wildman–Crippen MR) is 78.4 cm³/mol. The molecule has 0 saturated heterocycles. The molecule has 21 heavy (non-hydrogen) atoms. The molecule has 1 amide bonds. The molecule has 0 radical (unpaired) electrons. The summed E-state index contributed by atoms with van der Waals surface area (Å²) in [4.78, 5) is 11.1. The molecule has 0 aliphatic carbocycles. The van der Waals surface area contributed by atoms with Gasteiger partial charge in [-0.1, -0.05) is 13.8 Å². The molecule has 116 valence electrons. The minimum Gasteiger partial charge on any atom is -0.492 e. The number of amides is 1. The van der Waals surface area contributed by atoms with Gasteiger partial charge in [0.25, 0.3) is 0 Å². The van der Waals surface area contributed by atoms with Crippen molar-refractivity contribution in [3.8, 4) is 17.2 Å². The Kier molecular flexibility index (Phi) is 4.90. The first-order chi connectivity index (χ1) is 10.0. The number of carbonyl (C=O) groups excluding carboxylic acids is 1. The summed E-state index contributed by atoms with van der Waals surface area (Å²) in [6, 6.07) is 3.72. The number of rotatable bonds is 7. The smallest absolute Gasteiger partial charge is 0.231 e. The van der Waals surface area contributed by atoms with Gasteiger partial charge in [-0.15, -0.1) is 0 Å². The van der Waals surface area contributed by atoms with Crippen LogP contribution in [-0.2, 0) is 11.2 Å². The zero-order valence-electron chi connectivity index (χ0n) is 12.4. The van der Waals surface area contributed by atoms with Gasteiger partial charge in [0.05, 0.1) is 12.5 Å². The molecular weight excluding hydrogens is 272 g/mol. The Morgan fingerprint density at radius 2 is 2.05 bits per heavy atom. The van der Waals surface area contributed by atoms with Crippen LogP contribution in [0.4, 0.5) is 0 Å². The van der Waals surface area contributed by atoms with Crippen molar-refractivity contribution in [2.75, 3.05) is 13.4 Å². The first-order valence-electron chi connectivity index (χ1n) is 7.11. The minimum absolute atomic E-state index is 0.0429. The first kappa shape index (κ1) is 15.4. The van der Waals surface area contributed by atoms with E-state index in [2.05, 4.69) is 0 Å². The summed E-state index contributed by atoms with van der Waals surface area (Å²) in [6.45, 7) is 4.19. The topological polar surface area (TPSA) is 96.8 Å². The Morgan fingerprint density at radius 1 is 1.38 bits per heavy atom. The molecule has 1 aromatic rings. The summed E-state index contributed by atoms with van der Waals surface area (Å²) in [6.07, 6.45) is 1.54. The standard InChI is InChI=1S/C15H22N2O4/c1-3-11(16)4-10-5-13-14(21-8-20-13)6-12(10)19-7-9(2)15(17)18/h5-6,9,11H,3-4,7-8,16H2,1-2H3,(H2,17,18). The lowest BCUT2D eigenvalue weighted by Crippen LogP contribution is -2.26. The Hall–Kier alpha value is -1.95. The molecule has 6 heteroatoms. The van der Waals surface area contributed by atoms with Crippen molar-refractivity contribution < 1.29 is 19.0 Å². The van der Waals surface area contributed by atoms with Gasteiger partial charge in [-0.05, 0) is 24.5 Å². The monoisotopic (exact) mass is 294 g/mol. The van der Waals surface area contributed by atoms with Crippen molar-refractivity contribution in [3.63, 3.8) is 0 Å². The lowest BCUT2D eigenvalue weighted by Gasteiger charge is -2.16. The normalized spacial score (nSPS) is 15.6. The highest BCUT2D eigenvalue weighted by Crippen LogP contribution is 2.38. The van der Waals surface area contributed by atoms with Crippen LogP contribution in [0.3, 0.4) is 0 Å². The van der Waals surface area contributed by atoms with Gasteiger partial charge in [-0.2, -0.15) is 0 Å². The number of carbonyl (C=O) groups is 1. The molecule has 0 fully saturated rings. The zero-order valence-corrected chi connectivity index (χ0v) is 12.4. The number of ether oxygens (including phenoxy) is 3. The summed E-state index contributed by atoms with van der Waals surface area (Å²) in [5.41, 5.74) is 12.2. The fourth-order valence-electron chi connectivity index (χ4n) is 1.98. The number of fused-ring (bicyclic) bond motifs is 1. The highest BCUT2D eigenvalue weighted by Gasteiger charge is 2.20. The number of benzene rings is 1. The molecule has 4 N–H and O–H groups in total. The van der Waals surface area contributed by atoms with Crippen LogP contribution >= 0.6 is 0 Å². The average molecular weight is 294 g/mol. The van der Waals surface area contributed by atoms with E-state index in [-0.39, 0.29) is 31.3 Å². The second-order valence-corrected chi connectivity index (χ2v) is 5.30. The third-order valence-corrected chi connectivity index (χ3v) is 3.54. The van der Waals surface area contributed by atoms with Gasteiger partial charge < -0.3 is 25.7 Å². The van der Waals surface area contributed by atoms with E-state index in [0.29, 0.717) is 23.7 Å².